The van der Waals surface area contributed by atoms with Gasteiger partial charge < -0.3 is 15.0 Å². The summed E-state index contributed by atoms with van der Waals surface area (Å²) in [5.41, 5.74) is 5.90. The van der Waals surface area contributed by atoms with E-state index in [0.717, 1.165) is 18.0 Å². The zero-order chi connectivity index (χ0) is 13.7. The second kappa shape index (κ2) is 7.52. The van der Waals surface area contributed by atoms with Crippen molar-refractivity contribution in [2.75, 3.05) is 25.2 Å². The predicted molar refractivity (Wildman–Crippen MR) is 79.6 cm³/mol. The van der Waals surface area contributed by atoms with Crippen LogP contribution in [0.25, 0.3) is 0 Å². The summed E-state index contributed by atoms with van der Waals surface area (Å²) in [7, 11) is 1.64. The van der Waals surface area contributed by atoms with Gasteiger partial charge in [-0.15, -0.1) is 11.8 Å². The van der Waals surface area contributed by atoms with Crippen molar-refractivity contribution >= 4 is 23.5 Å². The lowest BCUT2D eigenvalue weighted by atomic mass is 10.2. The third-order valence-electron chi connectivity index (χ3n) is 3.01. The van der Waals surface area contributed by atoms with E-state index < -0.39 is 0 Å². The van der Waals surface area contributed by atoms with Crippen molar-refractivity contribution in [1.82, 2.24) is 10.1 Å². The molecule has 0 aromatic carbocycles. The Morgan fingerprint density at radius 1 is 1.47 bits per heavy atom. The normalized spacial score (nSPS) is 25.4. The van der Waals surface area contributed by atoms with Crippen molar-refractivity contribution < 1.29 is 9.26 Å². The average Bonchev–Trinajstić information content (AvgIpc) is 2.87. The minimum Gasteiger partial charge on any atom is -0.383 e. The number of methoxy groups -OCH3 is 1. The van der Waals surface area contributed by atoms with Gasteiger partial charge in [-0.2, -0.15) is 16.7 Å². The minimum absolute atomic E-state index is 0.0892. The highest BCUT2D eigenvalue weighted by Gasteiger charge is 2.30. The van der Waals surface area contributed by atoms with Gasteiger partial charge in [0.25, 0.3) is 0 Å². The van der Waals surface area contributed by atoms with Crippen LogP contribution in [0.1, 0.15) is 30.3 Å². The standard InChI is InChI=1S/C12H21N3O2S2/c1-3-9-11(19-5-4-18-9)12-14-10(17-15-12)6-8(13)7-16-2/h8-9,11H,3-7,13H2,1-2H3. The number of ether oxygens (including phenoxy) is 1. The Morgan fingerprint density at radius 2 is 2.26 bits per heavy atom. The van der Waals surface area contributed by atoms with Crippen LogP contribution in [0.3, 0.4) is 0 Å². The van der Waals surface area contributed by atoms with E-state index in [9.17, 15) is 0 Å². The molecule has 0 spiro atoms. The van der Waals surface area contributed by atoms with Gasteiger partial charge in [-0.25, -0.2) is 0 Å². The maximum atomic E-state index is 5.90. The van der Waals surface area contributed by atoms with Crippen LogP contribution in [0.5, 0.6) is 0 Å². The highest BCUT2D eigenvalue weighted by molar-refractivity contribution is 8.06. The summed E-state index contributed by atoms with van der Waals surface area (Å²) in [5, 5.41) is 5.06. The first-order valence-corrected chi connectivity index (χ1v) is 8.64. The molecule has 2 heterocycles. The van der Waals surface area contributed by atoms with E-state index in [1.807, 2.05) is 23.5 Å². The zero-order valence-corrected chi connectivity index (χ0v) is 13.0. The molecule has 1 aromatic rings. The van der Waals surface area contributed by atoms with E-state index in [1.165, 1.54) is 5.75 Å². The summed E-state index contributed by atoms with van der Waals surface area (Å²) in [4.78, 5) is 4.51. The first-order chi connectivity index (χ1) is 9.24. The molecule has 108 valence electrons. The largest absolute Gasteiger partial charge is 0.383 e. The second-order valence-electron chi connectivity index (χ2n) is 4.57. The van der Waals surface area contributed by atoms with Gasteiger partial charge in [0.15, 0.2) is 5.82 Å². The molecule has 5 nitrogen and oxygen atoms in total. The monoisotopic (exact) mass is 303 g/mol. The molecule has 1 aliphatic rings. The van der Waals surface area contributed by atoms with Gasteiger partial charge in [-0.05, 0) is 6.42 Å². The number of nitrogens with two attached hydrogens (primary N) is 1. The molecule has 0 aliphatic carbocycles. The lowest BCUT2D eigenvalue weighted by Gasteiger charge is -2.27. The Labute approximate surface area is 122 Å². The number of hydrogen-bond acceptors (Lipinski definition) is 7. The van der Waals surface area contributed by atoms with E-state index in [4.69, 9.17) is 15.0 Å². The van der Waals surface area contributed by atoms with Crippen molar-refractivity contribution in [2.24, 2.45) is 5.73 Å². The molecule has 0 amide bonds. The lowest BCUT2D eigenvalue weighted by molar-refractivity contribution is 0.176. The van der Waals surface area contributed by atoms with Crippen LogP contribution in [-0.2, 0) is 11.2 Å². The van der Waals surface area contributed by atoms with Crippen molar-refractivity contribution in [2.45, 2.75) is 36.3 Å². The number of hydrogen-bond donors (Lipinski definition) is 1. The Balaban J connectivity index is 1.99. The number of aromatic nitrogens is 2. The zero-order valence-electron chi connectivity index (χ0n) is 11.4. The van der Waals surface area contributed by atoms with Crippen molar-refractivity contribution in [1.29, 1.82) is 0 Å². The number of nitrogens with zero attached hydrogens (tertiary/aromatic N) is 2. The van der Waals surface area contributed by atoms with Crippen LogP contribution in [0.15, 0.2) is 4.52 Å². The quantitative estimate of drug-likeness (QED) is 0.860. The Bertz CT molecular complexity index is 389. The van der Waals surface area contributed by atoms with Crippen LogP contribution in [0.4, 0.5) is 0 Å². The fourth-order valence-corrected chi connectivity index (χ4v) is 5.09. The van der Waals surface area contributed by atoms with Gasteiger partial charge in [0, 0.05) is 36.3 Å². The van der Waals surface area contributed by atoms with Crippen molar-refractivity contribution in [3.8, 4) is 0 Å². The molecule has 1 aromatic heterocycles. The molecule has 0 radical (unpaired) electrons. The van der Waals surface area contributed by atoms with Gasteiger partial charge in [0.2, 0.25) is 5.89 Å². The molecule has 3 atom stereocenters. The van der Waals surface area contributed by atoms with Crippen molar-refractivity contribution in [3.63, 3.8) is 0 Å². The van der Waals surface area contributed by atoms with E-state index in [0.29, 0.717) is 29.4 Å². The van der Waals surface area contributed by atoms with Crippen molar-refractivity contribution in [3.05, 3.63) is 11.7 Å². The summed E-state index contributed by atoms with van der Waals surface area (Å²) >= 11 is 3.94. The molecule has 0 bridgehead atoms. The summed E-state index contributed by atoms with van der Waals surface area (Å²) in [5.74, 6) is 3.80. The third-order valence-corrected chi connectivity index (χ3v) is 6.25. The summed E-state index contributed by atoms with van der Waals surface area (Å²) < 4.78 is 10.3. The van der Waals surface area contributed by atoms with E-state index in [1.54, 1.807) is 7.11 Å². The Kier molecular flexibility index (Phi) is 6.00. The fourth-order valence-electron chi connectivity index (χ4n) is 2.11. The Morgan fingerprint density at radius 3 is 3.00 bits per heavy atom. The van der Waals surface area contributed by atoms with E-state index in [2.05, 4.69) is 17.1 Å². The van der Waals surface area contributed by atoms with E-state index >= 15 is 0 Å². The summed E-state index contributed by atoms with van der Waals surface area (Å²) in [6.07, 6.45) is 1.71. The highest BCUT2D eigenvalue weighted by atomic mass is 32.2. The lowest BCUT2D eigenvalue weighted by Crippen LogP contribution is -2.28. The number of rotatable bonds is 6. The number of thioether (sulfide) groups is 2. The SMILES string of the molecule is CCC1SCCSC1c1noc(CC(N)COC)n1. The maximum absolute atomic E-state index is 5.90. The van der Waals surface area contributed by atoms with Crippen LogP contribution in [-0.4, -0.2) is 46.7 Å². The molecule has 7 heteroatoms. The van der Waals surface area contributed by atoms with Gasteiger partial charge in [0.05, 0.1) is 11.9 Å². The molecular weight excluding hydrogens is 282 g/mol. The molecular formula is C12H21N3O2S2. The second-order valence-corrected chi connectivity index (χ2v) is 7.17. The van der Waals surface area contributed by atoms with Gasteiger partial charge in [0.1, 0.15) is 0 Å². The molecule has 2 N–H and O–H groups in total. The van der Waals surface area contributed by atoms with Gasteiger partial charge in [-0.3, -0.25) is 0 Å². The Hall–Kier alpha value is -0.240. The van der Waals surface area contributed by atoms with Crippen LogP contribution >= 0.6 is 23.5 Å². The van der Waals surface area contributed by atoms with Crippen LogP contribution in [0, 0.1) is 0 Å². The first kappa shape index (κ1) is 15.2. The molecule has 3 unspecified atom stereocenters. The third kappa shape index (κ3) is 4.11. The minimum atomic E-state index is -0.0892. The molecule has 0 saturated carbocycles. The molecule has 19 heavy (non-hydrogen) atoms. The highest BCUT2D eigenvalue weighted by Crippen LogP contribution is 2.42. The molecule has 1 aliphatic heterocycles. The summed E-state index contributed by atoms with van der Waals surface area (Å²) in [6.45, 7) is 2.72. The summed E-state index contributed by atoms with van der Waals surface area (Å²) in [6, 6.07) is -0.0892. The maximum Gasteiger partial charge on any atom is 0.228 e. The molecule has 1 fully saturated rings. The van der Waals surface area contributed by atoms with Gasteiger partial charge >= 0.3 is 0 Å². The van der Waals surface area contributed by atoms with E-state index in [-0.39, 0.29) is 6.04 Å². The predicted octanol–water partition coefficient (Wildman–Crippen LogP) is 1.89. The average molecular weight is 303 g/mol. The topological polar surface area (TPSA) is 74.2 Å². The van der Waals surface area contributed by atoms with Gasteiger partial charge in [-0.1, -0.05) is 12.1 Å². The van der Waals surface area contributed by atoms with Crippen LogP contribution < -0.4 is 5.73 Å². The molecule has 1 saturated heterocycles. The fraction of sp³-hybridized carbons (Fsp3) is 0.833. The first-order valence-electron chi connectivity index (χ1n) is 6.54. The smallest absolute Gasteiger partial charge is 0.228 e. The van der Waals surface area contributed by atoms with Crippen LogP contribution in [0.2, 0.25) is 0 Å². The molecule has 2 rings (SSSR count).